The van der Waals surface area contributed by atoms with E-state index in [0.29, 0.717) is 0 Å². The molecule has 9 heavy (non-hydrogen) atoms. The van der Waals surface area contributed by atoms with Gasteiger partial charge in [0.15, 0.2) is 0 Å². The van der Waals surface area contributed by atoms with Crippen molar-refractivity contribution in [3.63, 3.8) is 0 Å². The molecule has 0 rings (SSSR count). The predicted octanol–water partition coefficient (Wildman–Crippen LogP) is 3.33. The fourth-order valence-electron chi connectivity index (χ4n) is 0.359. The molecule has 0 aromatic heterocycles. The minimum Gasteiger partial charge on any atom is -0.106 e. The summed E-state index contributed by atoms with van der Waals surface area (Å²) in [7, 11) is 0. The molecule has 0 saturated heterocycles. The third kappa shape index (κ3) is 11.0. The van der Waals surface area contributed by atoms with Crippen LogP contribution < -0.4 is 0 Å². The van der Waals surface area contributed by atoms with E-state index >= 15 is 0 Å². The normalized spacial score (nSPS) is 10.8. The van der Waals surface area contributed by atoms with Crippen LogP contribution >= 0.6 is 0 Å². The van der Waals surface area contributed by atoms with Gasteiger partial charge >= 0.3 is 0 Å². The van der Waals surface area contributed by atoms with Crippen molar-refractivity contribution in [2.75, 3.05) is 0 Å². The first-order valence-electron chi connectivity index (χ1n) is 3.07. The van der Waals surface area contributed by atoms with Crippen LogP contribution in [0.25, 0.3) is 0 Å². The Balaban J connectivity index is 0. The van der Waals surface area contributed by atoms with Gasteiger partial charge in [0.1, 0.15) is 0 Å². The first-order valence-corrected chi connectivity index (χ1v) is 3.07. The molecule has 0 N–H and O–H groups in total. The Labute approximate surface area is 58.6 Å². The molecule has 0 spiro atoms. The molecule has 0 aliphatic heterocycles. The van der Waals surface area contributed by atoms with Crippen LogP contribution in [0.4, 0.5) is 0 Å². The first kappa shape index (κ1) is 11.1. The lowest BCUT2D eigenvalue weighted by atomic mass is 10.3. The molecule has 0 heterocycles. The molecule has 0 atom stereocenters. The predicted molar refractivity (Wildman–Crippen MR) is 45.5 cm³/mol. The highest BCUT2D eigenvalue weighted by molar-refractivity contribution is 5.13. The van der Waals surface area contributed by atoms with Gasteiger partial charge in [0.2, 0.25) is 0 Å². The lowest BCUT2D eigenvalue weighted by Crippen LogP contribution is -1.60. The summed E-state index contributed by atoms with van der Waals surface area (Å²) in [6, 6.07) is 0. The van der Waals surface area contributed by atoms with Crippen molar-refractivity contribution in [3.8, 4) is 0 Å². The van der Waals surface area contributed by atoms with E-state index in [1.165, 1.54) is 5.57 Å². The van der Waals surface area contributed by atoms with Crippen LogP contribution in [0.3, 0.4) is 0 Å². The second kappa shape index (κ2) is 10.3. The molecule has 0 unspecified atom stereocenters. The average molecular weight is 124 g/mol. The van der Waals surface area contributed by atoms with Gasteiger partial charge < -0.3 is 0 Å². The summed E-state index contributed by atoms with van der Waals surface area (Å²) in [6.45, 7) is 12.1. The second-order valence-corrected chi connectivity index (χ2v) is 1.53. The smallest absolute Gasteiger partial charge is 0.0401 e. The van der Waals surface area contributed by atoms with Crippen molar-refractivity contribution < 1.29 is 0 Å². The highest BCUT2D eigenvalue weighted by Crippen LogP contribution is 1.91. The molecule has 0 bridgehead atoms. The molecule has 0 fully saturated rings. The van der Waals surface area contributed by atoms with Gasteiger partial charge in [-0.05, 0) is 20.8 Å². The van der Waals surface area contributed by atoms with Gasteiger partial charge in [0, 0.05) is 0 Å². The minimum absolute atomic E-state index is 1.32. The number of rotatable bonds is 1. The van der Waals surface area contributed by atoms with Gasteiger partial charge in [0.05, 0.1) is 0 Å². The van der Waals surface area contributed by atoms with Gasteiger partial charge in [-0.25, -0.2) is 0 Å². The van der Waals surface area contributed by atoms with Crippen LogP contribution in [0.1, 0.15) is 20.8 Å². The van der Waals surface area contributed by atoms with Gasteiger partial charge in [0.25, 0.3) is 0 Å². The molecule has 52 valence electrons. The molecule has 0 heteroatoms. The Morgan fingerprint density at radius 1 is 1.22 bits per heavy atom. The molecule has 0 aromatic rings. The average Bonchev–Trinajstić information content (AvgIpc) is 1.93. The van der Waals surface area contributed by atoms with Crippen LogP contribution in [0, 0.1) is 0 Å². The summed E-state index contributed by atoms with van der Waals surface area (Å²) in [6.07, 6.45) is 6.20. The largest absolute Gasteiger partial charge is 0.106 e. The van der Waals surface area contributed by atoms with Crippen molar-refractivity contribution in [2.45, 2.75) is 20.8 Å². The van der Waals surface area contributed by atoms with Crippen LogP contribution in [-0.2, 0) is 0 Å². The second-order valence-electron chi connectivity index (χ2n) is 1.53. The number of hydrogen-bond acceptors (Lipinski definition) is 0. The topological polar surface area (TPSA) is 0 Å². The Bertz CT molecular complexity index is 96.6. The Hall–Kier alpha value is -0.780. The monoisotopic (exact) mass is 124 g/mol. The molecule has 0 amide bonds. The van der Waals surface area contributed by atoms with Crippen molar-refractivity contribution in [1.29, 1.82) is 0 Å². The van der Waals surface area contributed by atoms with Crippen molar-refractivity contribution >= 4 is 0 Å². The summed E-state index contributed by atoms with van der Waals surface area (Å²) < 4.78 is 0. The summed E-state index contributed by atoms with van der Waals surface area (Å²) in [5.41, 5.74) is 1.32. The zero-order valence-corrected chi connectivity index (χ0v) is 6.65. The summed E-state index contributed by atoms with van der Waals surface area (Å²) in [5, 5.41) is 0. The third-order valence-corrected chi connectivity index (χ3v) is 0.885. The fourth-order valence-corrected chi connectivity index (χ4v) is 0.359. The van der Waals surface area contributed by atoms with E-state index in [9.17, 15) is 0 Å². The Kier molecular flexibility index (Phi) is 12.6. The molecular weight excluding hydrogens is 108 g/mol. The van der Waals surface area contributed by atoms with E-state index < -0.39 is 0 Å². The zero-order chi connectivity index (χ0) is 7.70. The quantitative estimate of drug-likeness (QED) is 0.371. The molecule has 0 aliphatic carbocycles. The minimum atomic E-state index is 1.32. The van der Waals surface area contributed by atoms with Gasteiger partial charge in [-0.15, -0.1) is 13.2 Å². The first-order chi connectivity index (χ1) is 4.31. The van der Waals surface area contributed by atoms with E-state index in [1.54, 1.807) is 0 Å². The van der Waals surface area contributed by atoms with E-state index in [0.717, 1.165) is 0 Å². The fraction of sp³-hybridized carbons (Fsp3) is 0.333. The van der Waals surface area contributed by atoms with Crippen molar-refractivity contribution in [1.82, 2.24) is 0 Å². The highest BCUT2D eigenvalue weighted by Gasteiger charge is 1.69. The third-order valence-electron chi connectivity index (χ3n) is 0.885. The van der Waals surface area contributed by atoms with Crippen molar-refractivity contribution in [3.05, 3.63) is 37.0 Å². The maximum Gasteiger partial charge on any atom is -0.0401 e. The SMILES string of the molecule is C/C=C\C(C)=C/C.C=C. The standard InChI is InChI=1S/C7H12.C2H4/c1-4-6-7(3)5-2;1-2/h4-6H,1-3H3;1-2H2/b6-4-,7-5-;. The van der Waals surface area contributed by atoms with Crippen LogP contribution in [0.2, 0.25) is 0 Å². The number of allylic oxidation sites excluding steroid dienone is 4. The zero-order valence-electron chi connectivity index (χ0n) is 6.65. The van der Waals surface area contributed by atoms with E-state index in [1.807, 2.05) is 19.9 Å². The van der Waals surface area contributed by atoms with Gasteiger partial charge in [-0.2, -0.15) is 0 Å². The highest BCUT2D eigenvalue weighted by atomic mass is 13.8. The summed E-state index contributed by atoms with van der Waals surface area (Å²) in [5.74, 6) is 0. The van der Waals surface area contributed by atoms with Crippen LogP contribution in [-0.4, -0.2) is 0 Å². The molecule has 0 radical (unpaired) electrons. The Morgan fingerprint density at radius 3 is 1.78 bits per heavy atom. The maximum atomic E-state index is 3.00. The molecule has 0 aromatic carbocycles. The molecule has 0 saturated carbocycles. The Morgan fingerprint density at radius 2 is 1.67 bits per heavy atom. The van der Waals surface area contributed by atoms with E-state index in [-0.39, 0.29) is 0 Å². The van der Waals surface area contributed by atoms with Gasteiger partial charge in [-0.1, -0.05) is 23.8 Å². The lowest BCUT2D eigenvalue weighted by molar-refractivity contribution is 1.46. The van der Waals surface area contributed by atoms with Gasteiger partial charge in [-0.3, -0.25) is 0 Å². The van der Waals surface area contributed by atoms with E-state index in [4.69, 9.17) is 0 Å². The number of hydrogen-bond donors (Lipinski definition) is 0. The van der Waals surface area contributed by atoms with E-state index in [2.05, 4.69) is 32.2 Å². The summed E-state index contributed by atoms with van der Waals surface area (Å²) >= 11 is 0. The van der Waals surface area contributed by atoms with Crippen LogP contribution in [0.5, 0.6) is 0 Å². The lowest BCUT2D eigenvalue weighted by Gasteiger charge is -1.81. The van der Waals surface area contributed by atoms with Crippen molar-refractivity contribution in [2.24, 2.45) is 0 Å². The molecule has 0 aliphatic rings. The maximum absolute atomic E-state index is 3.00. The molecule has 0 nitrogen and oxygen atoms in total. The van der Waals surface area contributed by atoms with Crippen LogP contribution in [0.15, 0.2) is 37.0 Å². The molecular formula is C9H16. The summed E-state index contributed by atoms with van der Waals surface area (Å²) in [4.78, 5) is 0.